The highest BCUT2D eigenvalue weighted by Crippen LogP contribution is 2.10. The molecular formula is C13H17FN2. The fraction of sp³-hybridized carbons (Fsp3) is 0.462. The van der Waals surface area contributed by atoms with E-state index in [9.17, 15) is 4.39 Å². The lowest BCUT2D eigenvalue weighted by Gasteiger charge is -2.20. The number of nitrogens with one attached hydrogen (secondary N) is 1. The lowest BCUT2D eigenvalue weighted by molar-refractivity contribution is 0.429. The standard InChI is InChI=1S/C13H17FN2/c1-13(2,3)16-7-6-10-4-5-12(14)11(8-10)9-15/h4-5,8,16H,6-7H2,1-3H3. The number of hydrogen-bond acceptors (Lipinski definition) is 2. The van der Waals surface area contributed by atoms with Crippen molar-refractivity contribution < 1.29 is 4.39 Å². The zero-order valence-electron chi connectivity index (χ0n) is 9.97. The van der Waals surface area contributed by atoms with Crippen molar-refractivity contribution in [3.8, 4) is 6.07 Å². The van der Waals surface area contributed by atoms with Crippen LogP contribution in [0, 0.1) is 17.1 Å². The number of nitrogens with zero attached hydrogens (tertiary/aromatic N) is 1. The van der Waals surface area contributed by atoms with Gasteiger partial charge in [0.2, 0.25) is 0 Å². The first-order valence-corrected chi connectivity index (χ1v) is 5.36. The molecule has 0 spiro atoms. The molecule has 2 nitrogen and oxygen atoms in total. The smallest absolute Gasteiger partial charge is 0.140 e. The van der Waals surface area contributed by atoms with Gasteiger partial charge in [0.05, 0.1) is 5.56 Å². The van der Waals surface area contributed by atoms with E-state index in [0.717, 1.165) is 18.5 Å². The summed E-state index contributed by atoms with van der Waals surface area (Å²) in [6.07, 6.45) is 0.798. The van der Waals surface area contributed by atoms with Crippen molar-refractivity contribution in [2.24, 2.45) is 0 Å². The Morgan fingerprint density at radius 3 is 2.62 bits per heavy atom. The molecule has 0 heterocycles. The van der Waals surface area contributed by atoms with Gasteiger partial charge in [-0.25, -0.2) is 4.39 Å². The lowest BCUT2D eigenvalue weighted by Crippen LogP contribution is -2.37. The Morgan fingerprint density at radius 2 is 2.06 bits per heavy atom. The Balaban J connectivity index is 2.59. The van der Waals surface area contributed by atoms with Crippen LogP contribution >= 0.6 is 0 Å². The summed E-state index contributed by atoms with van der Waals surface area (Å²) in [6.45, 7) is 7.11. The van der Waals surface area contributed by atoms with Gasteiger partial charge in [0, 0.05) is 5.54 Å². The molecule has 0 bridgehead atoms. The molecule has 1 aromatic carbocycles. The molecule has 0 aromatic heterocycles. The maximum absolute atomic E-state index is 13.0. The molecule has 16 heavy (non-hydrogen) atoms. The van der Waals surface area contributed by atoms with Crippen LogP contribution in [0.25, 0.3) is 0 Å². The van der Waals surface area contributed by atoms with Gasteiger partial charge in [0.15, 0.2) is 0 Å². The third-order valence-electron chi connectivity index (χ3n) is 2.22. The minimum Gasteiger partial charge on any atom is -0.312 e. The predicted octanol–water partition coefficient (Wildman–Crippen LogP) is 2.63. The number of nitriles is 1. The van der Waals surface area contributed by atoms with Gasteiger partial charge in [0.1, 0.15) is 11.9 Å². The molecule has 0 unspecified atom stereocenters. The maximum atomic E-state index is 13.0. The third-order valence-corrected chi connectivity index (χ3v) is 2.22. The van der Waals surface area contributed by atoms with Crippen molar-refractivity contribution in [2.45, 2.75) is 32.7 Å². The molecule has 0 radical (unpaired) electrons. The second kappa shape index (κ2) is 5.09. The number of hydrogen-bond donors (Lipinski definition) is 1. The summed E-state index contributed by atoms with van der Waals surface area (Å²) in [7, 11) is 0. The summed E-state index contributed by atoms with van der Waals surface area (Å²) < 4.78 is 13.0. The van der Waals surface area contributed by atoms with E-state index < -0.39 is 5.82 Å². The summed E-state index contributed by atoms with van der Waals surface area (Å²) in [5.41, 5.74) is 1.18. The summed E-state index contributed by atoms with van der Waals surface area (Å²) in [4.78, 5) is 0. The van der Waals surface area contributed by atoms with Gasteiger partial charge >= 0.3 is 0 Å². The van der Waals surface area contributed by atoms with Crippen molar-refractivity contribution in [1.29, 1.82) is 5.26 Å². The van der Waals surface area contributed by atoms with E-state index in [0.29, 0.717) is 0 Å². The highest BCUT2D eigenvalue weighted by molar-refractivity contribution is 5.34. The fourth-order valence-electron chi connectivity index (χ4n) is 1.40. The van der Waals surface area contributed by atoms with Crippen LogP contribution in [0.15, 0.2) is 18.2 Å². The molecule has 0 saturated carbocycles. The van der Waals surface area contributed by atoms with Crippen LogP contribution in [-0.4, -0.2) is 12.1 Å². The number of rotatable bonds is 3. The largest absolute Gasteiger partial charge is 0.312 e. The summed E-state index contributed by atoms with van der Waals surface area (Å²) in [5.74, 6) is -0.449. The molecular weight excluding hydrogens is 203 g/mol. The van der Waals surface area contributed by atoms with Crippen LogP contribution in [0.2, 0.25) is 0 Å². The minimum absolute atomic E-state index is 0.0814. The van der Waals surface area contributed by atoms with Gasteiger partial charge in [0.25, 0.3) is 0 Å². The highest BCUT2D eigenvalue weighted by Gasteiger charge is 2.08. The SMILES string of the molecule is CC(C)(C)NCCc1ccc(F)c(C#N)c1. The molecule has 1 aromatic rings. The molecule has 1 N–H and O–H groups in total. The van der Waals surface area contributed by atoms with Crippen LogP contribution in [-0.2, 0) is 6.42 Å². The van der Waals surface area contributed by atoms with Gasteiger partial charge in [-0.15, -0.1) is 0 Å². The van der Waals surface area contributed by atoms with Crippen molar-refractivity contribution in [3.63, 3.8) is 0 Å². The van der Waals surface area contributed by atoms with E-state index in [4.69, 9.17) is 5.26 Å². The lowest BCUT2D eigenvalue weighted by atomic mass is 10.1. The van der Waals surface area contributed by atoms with E-state index in [-0.39, 0.29) is 11.1 Å². The molecule has 0 aliphatic carbocycles. The van der Waals surface area contributed by atoms with Crippen molar-refractivity contribution in [1.82, 2.24) is 5.32 Å². The van der Waals surface area contributed by atoms with E-state index in [1.165, 1.54) is 6.07 Å². The molecule has 0 aliphatic rings. The van der Waals surface area contributed by atoms with E-state index >= 15 is 0 Å². The van der Waals surface area contributed by atoms with Gasteiger partial charge < -0.3 is 5.32 Å². The second-order valence-corrected chi connectivity index (χ2v) is 4.85. The Bertz CT molecular complexity index is 399. The summed E-state index contributed by atoms with van der Waals surface area (Å²) >= 11 is 0. The Labute approximate surface area is 96.1 Å². The van der Waals surface area contributed by atoms with E-state index in [1.807, 2.05) is 6.07 Å². The number of benzene rings is 1. The zero-order valence-corrected chi connectivity index (χ0v) is 9.97. The average molecular weight is 220 g/mol. The van der Waals surface area contributed by atoms with Crippen molar-refractivity contribution in [3.05, 3.63) is 35.1 Å². The summed E-state index contributed by atoms with van der Waals surface area (Å²) in [5, 5.41) is 12.0. The zero-order chi connectivity index (χ0) is 12.2. The first kappa shape index (κ1) is 12.7. The third kappa shape index (κ3) is 4.00. The average Bonchev–Trinajstić information content (AvgIpc) is 2.18. The van der Waals surface area contributed by atoms with E-state index in [1.54, 1.807) is 12.1 Å². The minimum atomic E-state index is -0.449. The van der Waals surface area contributed by atoms with Gasteiger partial charge in [-0.1, -0.05) is 6.07 Å². The molecule has 0 aliphatic heterocycles. The van der Waals surface area contributed by atoms with Gasteiger partial charge in [-0.2, -0.15) is 5.26 Å². The van der Waals surface area contributed by atoms with E-state index in [2.05, 4.69) is 26.1 Å². The molecule has 0 atom stereocenters. The Hall–Kier alpha value is -1.40. The predicted molar refractivity (Wildman–Crippen MR) is 62.6 cm³/mol. The Morgan fingerprint density at radius 1 is 1.38 bits per heavy atom. The normalized spacial score (nSPS) is 11.2. The highest BCUT2D eigenvalue weighted by atomic mass is 19.1. The quantitative estimate of drug-likeness (QED) is 0.850. The first-order valence-electron chi connectivity index (χ1n) is 5.36. The number of halogens is 1. The van der Waals surface area contributed by atoms with Gasteiger partial charge in [-0.3, -0.25) is 0 Å². The maximum Gasteiger partial charge on any atom is 0.140 e. The monoisotopic (exact) mass is 220 g/mol. The van der Waals surface area contributed by atoms with Crippen LogP contribution in [0.3, 0.4) is 0 Å². The van der Waals surface area contributed by atoms with Crippen LogP contribution < -0.4 is 5.32 Å². The van der Waals surface area contributed by atoms with Crippen molar-refractivity contribution in [2.75, 3.05) is 6.54 Å². The molecule has 0 saturated heterocycles. The molecule has 0 fully saturated rings. The van der Waals surface area contributed by atoms with Crippen molar-refractivity contribution >= 4 is 0 Å². The molecule has 1 rings (SSSR count). The molecule has 86 valence electrons. The van der Waals surface area contributed by atoms with Crippen LogP contribution in [0.4, 0.5) is 4.39 Å². The van der Waals surface area contributed by atoms with Crippen LogP contribution in [0.5, 0.6) is 0 Å². The first-order chi connectivity index (χ1) is 7.42. The molecule has 0 amide bonds. The Kier molecular flexibility index (Phi) is 4.03. The molecule has 3 heteroatoms. The van der Waals surface area contributed by atoms with Crippen LogP contribution in [0.1, 0.15) is 31.9 Å². The van der Waals surface area contributed by atoms with Gasteiger partial charge in [-0.05, 0) is 51.4 Å². The second-order valence-electron chi connectivity index (χ2n) is 4.85. The summed E-state index contributed by atoms with van der Waals surface area (Å²) in [6, 6.07) is 6.53. The fourth-order valence-corrected chi connectivity index (χ4v) is 1.40. The topological polar surface area (TPSA) is 35.8 Å².